The van der Waals surface area contributed by atoms with Crippen LogP contribution in [0.4, 0.5) is 0 Å². The van der Waals surface area contributed by atoms with Gasteiger partial charge >= 0.3 is 13.3 Å². The summed E-state index contributed by atoms with van der Waals surface area (Å²) in [6.07, 6.45) is 2.55. The van der Waals surface area contributed by atoms with Gasteiger partial charge in [-0.15, -0.1) is 0 Å². The molecule has 1 heterocycles. The molecule has 3 aromatic rings. The summed E-state index contributed by atoms with van der Waals surface area (Å²) in [5.41, 5.74) is 0.608. The average Bonchev–Trinajstić information content (AvgIpc) is 2.76. The summed E-state index contributed by atoms with van der Waals surface area (Å²) in [4.78, 5) is 56.5. The molecular formula is C23H22N3O6P. The number of hydrogen-bond donors (Lipinski definition) is 4. The van der Waals surface area contributed by atoms with Crippen molar-refractivity contribution in [2.45, 2.75) is 13.0 Å². The van der Waals surface area contributed by atoms with Gasteiger partial charge in [0.2, 0.25) is 5.91 Å². The highest BCUT2D eigenvalue weighted by Gasteiger charge is 2.10. The summed E-state index contributed by atoms with van der Waals surface area (Å²) >= 11 is 0. The number of allylic oxidation sites excluding steroid dienone is 2. The molecule has 1 aromatic heterocycles. The van der Waals surface area contributed by atoms with E-state index in [0.717, 1.165) is 5.56 Å². The molecule has 2 aromatic carbocycles. The van der Waals surface area contributed by atoms with Crippen molar-refractivity contribution >= 4 is 24.4 Å². The summed E-state index contributed by atoms with van der Waals surface area (Å²) < 4.78 is 12.2. The maximum absolute atomic E-state index is 12.3. The number of aromatic amines is 1. The van der Waals surface area contributed by atoms with Gasteiger partial charge in [-0.2, -0.15) is 0 Å². The minimum absolute atomic E-state index is 0.0323. The molecule has 0 saturated carbocycles. The number of nitrogens with zero attached hydrogens (tertiary/aromatic N) is 1. The number of fused-ring (bicyclic) bond motifs is 1. The third kappa shape index (κ3) is 7.16. The normalized spacial score (nSPS) is 11.3. The van der Waals surface area contributed by atoms with Crippen molar-refractivity contribution in [2.75, 3.05) is 12.7 Å². The number of benzene rings is 2. The minimum Gasteiger partial charge on any atom is -0.345 e. The van der Waals surface area contributed by atoms with Gasteiger partial charge in [-0.1, -0.05) is 54.3 Å². The standard InChI is InChI=1S/C23H22N3O6P/c27-21(16-17-7-2-1-3-8-17)24-12-6-9-18-10-11-20-19(15-18)22(28)25-23(29)26(20)13-4-5-14-33(30,31)32/h1-5,7-8,10-11,15H,12-14,16H2,(H,24,27)(H,25,28,29)(H2,30,31,32). The van der Waals surface area contributed by atoms with Gasteiger partial charge in [0.05, 0.1) is 30.0 Å². The van der Waals surface area contributed by atoms with Crippen molar-refractivity contribution in [2.24, 2.45) is 0 Å². The summed E-state index contributed by atoms with van der Waals surface area (Å²) in [6, 6.07) is 14.1. The third-order valence-corrected chi connectivity index (χ3v) is 5.30. The number of aromatic nitrogens is 2. The van der Waals surface area contributed by atoms with Crippen LogP contribution in [0.15, 0.2) is 70.3 Å². The summed E-state index contributed by atoms with van der Waals surface area (Å²) in [7, 11) is -4.17. The lowest BCUT2D eigenvalue weighted by molar-refractivity contribution is -0.120. The summed E-state index contributed by atoms with van der Waals surface area (Å²) in [5.74, 6) is 5.57. The van der Waals surface area contributed by atoms with Crippen LogP contribution in [0.5, 0.6) is 0 Å². The first kappa shape index (κ1) is 24.0. The highest BCUT2D eigenvalue weighted by molar-refractivity contribution is 7.51. The maximum atomic E-state index is 12.3. The van der Waals surface area contributed by atoms with E-state index in [1.807, 2.05) is 30.3 Å². The lowest BCUT2D eigenvalue weighted by atomic mass is 10.1. The van der Waals surface area contributed by atoms with Crippen LogP contribution in [0, 0.1) is 11.8 Å². The Hall–Kier alpha value is -3.70. The van der Waals surface area contributed by atoms with E-state index in [1.165, 1.54) is 16.7 Å². The zero-order valence-corrected chi connectivity index (χ0v) is 18.4. The largest absolute Gasteiger partial charge is 0.345 e. The summed E-state index contributed by atoms with van der Waals surface area (Å²) in [6.45, 7) is 0.175. The van der Waals surface area contributed by atoms with E-state index in [2.05, 4.69) is 22.1 Å². The molecule has 0 aliphatic heterocycles. The zero-order valence-electron chi connectivity index (χ0n) is 17.5. The molecule has 33 heavy (non-hydrogen) atoms. The third-order valence-electron chi connectivity index (χ3n) is 4.61. The molecule has 170 valence electrons. The van der Waals surface area contributed by atoms with Crippen molar-refractivity contribution in [3.8, 4) is 11.8 Å². The van der Waals surface area contributed by atoms with Gasteiger partial charge in [0, 0.05) is 12.1 Å². The Balaban J connectivity index is 1.71. The van der Waals surface area contributed by atoms with E-state index in [-0.39, 0.29) is 30.8 Å². The molecule has 0 aliphatic rings. The number of hydrogen-bond acceptors (Lipinski definition) is 4. The fraction of sp³-hybridized carbons (Fsp3) is 0.174. The van der Waals surface area contributed by atoms with E-state index >= 15 is 0 Å². The fourth-order valence-electron chi connectivity index (χ4n) is 3.08. The van der Waals surface area contributed by atoms with Crippen LogP contribution in [0.2, 0.25) is 0 Å². The van der Waals surface area contributed by atoms with E-state index < -0.39 is 25.0 Å². The van der Waals surface area contributed by atoms with E-state index in [4.69, 9.17) is 9.79 Å². The molecule has 0 fully saturated rings. The van der Waals surface area contributed by atoms with E-state index in [1.54, 1.807) is 18.2 Å². The molecule has 10 heteroatoms. The number of H-pyrrole nitrogens is 1. The predicted molar refractivity (Wildman–Crippen MR) is 125 cm³/mol. The number of carbonyl (C=O) groups excluding carboxylic acids is 1. The molecule has 0 unspecified atom stereocenters. The van der Waals surface area contributed by atoms with Gasteiger partial charge in [0.1, 0.15) is 0 Å². The Morgan fingerprint density at radius 3 is 2.61 bits per heavy atom. The lowest BCUT2D eigenvalue weighted by Crippen LogP contribution is -2.30. The molecule has 0 spiro atoms. The van der Waals surface area contributed by atoms with Crippen LogP contribution < -0.4 is 16.6 Å². The van der Waals surface area contributed by atoms with E-state index in [0.29, 0.717) is 11.1 Å². The fourth-order valence-corrected chi connectivity index (χ4v) is 3.50. The topological polar surface area (TPSA) is 141 Å². The van der Waals surface area contributed by atoms with E-state index in [9.17, 15) is 18.9 Å². The predicted octanol–water partition coefficient (Wildman–Crippen LogP) is 1.13. The first-order chi connectivity index (χ1) is 15.7. The van der Waals surface area contributed by atoms with Crippen LogP contribution in [-0.4, -0.2) is 38.0 Å². The second-order valence-corrected chi connectivity index (χ2v) is 8.86. The van der Waals surface area contributed by atoms with Crippen molar-refractivity contribution in [1.29, 1.82) is 0 Å². The second kappa shape index (κ2) is 10.7. The highest BCUT2D eigenvalue weighted by atomic mass is 31.2. The van der Waals surface area contributed by atoms with Gasteiger partial charge in [-0.05, 0) is 23.8 Å². The Bertz CT molecular complexity index is 1410. The van der Waals surface area contributed by atoms with Gasteiger partial charge < -0.3 is 15.1 Å². The average molecular weight is 467 g/mol. The second-order valence-electron chi connectivity index (χ2n) is 7.16. The highest BCUT2D eigenvalue weighted by Crippen LogP contribution is 2.33. The van der Waals surface area contributed by atoms with Crippen LogP contribution in [-0.2, 0) is 22.3 Å². The van der Waals surface area contributed by atoms with Crippen molar-refractivity contribution < 1.29 is 19.1 Å². The molecule has 0 atom stereocenters. The van der Waals surface area contributed by atoms with Gasteiger partial charge in [0.15, 0.2) is 0 Å². The molecule has 1 amide bonds. The molecule has 9 nitrogen and oxygen atoms in total. The van der Waals surface area contributed by atoms with Gasteiger partial charge in [-0.3, -0.25) is 23.7 Å². The Morgan fingerprint density at radius 1 is 1.12 bits per heavy atom. The molecule has 0 aliphatic carbocycles. The number of nitrogens with one attached hydrogen (secondary N) is 2. The Kier molecular flexibility index (Phi) is 7.80. The monoisotopic (exact) mass is 467 g/mol. The van der Waals surface area contributed by atoms with Gasteiger partial charge in [-0.25, -0.2) is 4.79 Å². The molecule has 3 rings (SSSR count). The van der Waals surface area contributed by atoms with Crippen molar-refractivity contribution in [3.05, 3.63) is 92.6 Å². The SMILES string of the molecule is O=C(Cc1ccccc1)NCC#Cc1ccc2c(c1)c(=O)[nH]c(=O)n2CC=CCP(=O)(O)O. The zero-order chi connectivity index (χ0) is 23.8. The van der Waals surface area contributed by atoms with Crippen LogP contribution in [0.25, 0.3) is 10.9 Å². The molecule has 0 radical (unpaired) electrons. The smallest absolute Gasteiger partial charge is 0.329 e. The van der Waals surface area contributed by atoms with Crippen molar-refractivity contribution in [3.63, 3.8) is 0 Å². The lowest BCUT2D eigenvalue weighted by Gasteiger charge is -2.07. The number of amides is 1. The minimum atomic E-state index is -4.17. The van der Waals surface area contributed by atoms with Crippen LogP contribution >= 0.6 is 7.60 Å². The van der Waals surface area contributed by atoms with Crippen LogP contribution in [0.1, 0.15) is 11.1 Å². The molecular weight excluding hydrogens is 445 g/mol. The molecule has 0 saturated heterocycles. The summed E-state index contributed by atoms with van der Waals surface area (Å²) in [5, 5.41) is 2.96. The quantitative estimate of drug-likeness (QED) is 0.233. The Morgan fingerprint density at radius 2 is 1.88 bits per heavy atom. The number of carbonyl (C=O) groups is 1. The number of rotatable bonds is 7. The van der Waals surface area contributed by atoms with Crippen molar-refractivity contribution in [1.82, 2.24) is 14.9 Å². The molecule has 4 N–H and O–H groups in total. The Labute approximate surface area is 188 Å². The maximum Gasteiger partial charge on any atom is 0.329 e. The first-order valence-corrected chi connectivity index (χ1v) is 11.8. The molecule has 0 bridgehead atoms. The first-order valence-electron chi connectivity index (χ1n) is 9.99. The van der Waals surface area contributed by atoms with Crippen LogP contribution in [0.3, 0.4) is 0 Å². The van der Waals surface area contributed by atoms with Gasteiger partial charge in [0.25, 0.3) is 5.56 Å².